The Morgan fingerprint density at radius 3 is 2.54 bits per heavy atom. The zero-order valence-electron chi connectivity index (χ0n) is 22.9. The number of rotatable bonds is 8. The molecule has 0 unspecified atom stereocenters. The fourth-order valence-electron chi connectivity index (χ4n) is 5.72. The van der Waals surface area contributed by atoms with Crippen molar-refractivity contribution in [3.05, 3.63) is 81.3 Å². The molecule has 1 amide bonds. The molecule has 0 bridgehead atoms. The number of nitrogens with zero attached hydrogens (tertiary/aromatic N) is 2. The molecule has 2 N–H and O–H groups in total. The second-order valence-corrected chi connectivity index (χ2v) is 11.2. The molecule has 1 saturated heterocycles. The molecule has 41 heavy (non-hydrogen) atoms. The van der Waals surface area contributed by atoms with Crippen LogP contribution in [0, 0.1) is 17.6 Å². The molecule has 1 aliphatic carbocycles. The Morgan fingerprint density at radius 2 is 1.85 bits per heavy atom. The molecule has 2 aromatic carbocycles. The Labute approximate surface area is 234 Å². The van der Waals surface area contributed by atoms with Crippen molar-refractivity contribution >= 4 is 16.7 Å². The third kappa shape index (κ3) is 6.46. The quantitative estimate of drug-likeness (QED) is 0.358. The van der Waals surface area contributed by atoms with Gasteiger partial charge in [-0.25, -0.2) is 8.78 Å². The van der Waals surface area contributed by atoms with Crippen LogP contribution >= 0.6 is 0 Å². The van der Waals surface area contributed by atoms with E-state index in [2.05, 4.69) is 10.6 Å². The number of hydrogen-bond donors (Lipinski definition) is 2. The first-order valence-electron chi connectivity index (χ1n) is 13.9. The third-order valence-corrected chi connectivity index (χ3v) is 8.04. The lowest BCUT2D eigenvalue weighted by molar-refractivity contribution is -0.136. The van der Waals surface area contributed by atoms with Gasteiger partial charge in [0.15, 0.2) is 0 Å². The lowest BCUT2D eigenvalue weighted by Crippen LogP contribution is -2.54. The number of pyridine rings is 1. The average molecular weight is 577 g/mol. The van der Waals surface area contributed by atoms with Crippen molar-refractivity contribution in [1.82, 2.24) is 20.1 Å². The molecule has 3 atom stereocenters. The summed E-state index contributed by atoms with van der Waals surface area (Å²) in [5, 5.41) is 5.92. The second kappa shape index (κ2) is 11.5. The Hall–Kier alpha value is -3.31. The number of benzene rings is 2. The summed E-state index contributed by atoms with van der Waals surface area (Å²) in [5.41, 5.74) is -0.284. The number of alkyl halides is 3. The molecule has 2 heterocycles. The highest BCUT2D eigenvalue weighted by Gasteiger charge is 2.36. The summed E-state index contributed by atoms with van der Waals surface area (Å²) >= 11 is 0. The van der Waals surface area contributed by atoms with Crippen LogP contribution < -0.4 is 16.2 Å². The van der Waals surface area contributed by atoms with Crippen LogP contribution in [-0.4, -0.2) is 46.7 Å². The monoisotopic (exact) mass is 576 g/mol. The van der Waals surface area contributed by atoms with Gasteiger partial charge in [-0.05, 0) is 56.4 Å². The van der Waals surface area contributed by atoms with Crippen molar-refractivity contribution < 1.29 is 26.7 Å². The maximum absolute atomic E-state index is 15.1. The number of aromatic nitrogens is 1. The molecule has 0 spiro atoms. The van der Waals surface area contributed by atoms with Crippen molar-refractivity contribution in [1.29, 1.82) is 0 Å². The van der Waals surface area contributed by atoms with E-state index in [-0.39, 0.29) is 41.2 Å². The first-order valence-corrected chi connectivity index (χ1v) is 13.9. The maximum Gasteiger partial charge on any atom is 0.390 e. The Bertz CT molecular complexity index is 1500. The predicted octanol–water partition coefficient (Wildman–Crippen LogP) is 5.30. The van der Waals surface area contributed by atoms with Crippen molar-refractivity contribution in [2.75, 3.05) is 13.1 Å². The third-order valence-electron chi connectivity index (χ3n) is 8.04. The molecular formula is C30H33F5N4O2. The highest BCUT2D eigenvalue weighted by molar-refractivity contribution is 6.08. The van der Waals surface area contributed by atoms with Gasteiger partial charge in [0, 0.05) is 49.3 Å². The molecule has 3 aromatic rings. The fourth-order valence-corrected chi connectivity index (χ4v) is 5.72. The van der Waals surface area contributed by atoms with Crippen LogP contribution in [0.3, 0.4) is 0 Å². The SMILES string of the molecule is C[C@@H]1CN[C@@H](C)CN1Cc1c(C(=O)N[C@H](c2cccc(F)c2)C2CC2)c2cccc(F)c2c(=O)n1CCC(F)(F)F. The fraction of sp³-hybridized carbons (Fsp3) is 0.467. The molecule has 11 heteroatoms. The van der Waals surface area contributed by atoms with Crippen LogP contribution in [0.2, 0.25) is 0 Å². The summed E-state index contributed by atoms with van der Waals surface area (Å²) in [5.74, 6) is -1.97. The molecule has 2 fully saturated rings. The van der Waals surface area contributed by atoms with Crippen molar-refractivity contribution in [3.63, 3.8) is 0 Å². The van der Waals surface area contributed by atoms with E-state index >= 15 is 4.39 Å². The van der Waals surface area contributed by atoms with Gasteiger partial charge in [-0.3, -0.25) is 14.5 Å². The van der Waals surface area contributed by atoms with Crippen LogP contribution in [0.25, 0.3) is 10.8 Å². The highest BCUT2D eigenvalue weighted by Crippen LogP contribution is 2.41. The first-order chi connectivity index (χ1) is 19.4. The zero-order valence-corrected chi connectivity index (χ0v) is 22.9. The zero-order chi connectivity index (χ0) is 29.5. The van der Waals surface area contributed by atoms with Crippen LogP contribution in [-0.2, 0) is 13.1 Å². The summed E-state index contributed by atoms with van der Waals surface area (Å²) in [6, 6.07) is 9.26. The van der Waals surface area contributed by atoms with Gasteiger partial charge in [0.1, 0.15) is 11.6 Å². The topological polar surface area (TPSA) is 66.4 Å². The average Bonchev–Trinajstić information content (AvgIpc) is 3.74. The standard InChI is InChI=1S/C30H33F5N4O2/c1-17-15-38(18(2)14-36-17)16-24-26(28(40)37-27(19-9-10-19)20-5-3-6-21(31)13-20)22-7-4-8-23(32)25(22)29(41)39(24)12-11-30(33,34)35/h3-8,13,17-19,27,36H,9-12,14-16H2,1-2H3,(H,37,40)/t17-,18+,27-/m0/s1. The molecule has 1 aromatic heterocycles. The van der Waals surface area contributed by atoms with E-state index in [1.54, 1.807) is 12.1 Å². The van der Waals surface area contributed by atoms with Crippen LogP contribution in [0.5, 0.6) is 0 Å². The minimum absolute atomic E-state index is 0.0174. The van der Waals surface area contributed by atoms with Gasteiger partial charge in [0.25, 0.3) is 11.5 Å². The van der Waals surface area contributed by atoms with Gasteiger partial charge in [-0.1, -0.05) is 24.3 Å². The summed E-state index contributed by atoms with van der Waals surface area (Å²) in [7, 11) is 0. The van der Waals surface area contributed by atoms with Gasteiger partial charge >= 0.3 is 6.18 Å². The largest absolute Gasteiger partial charge is 0.390 e. The van der Waals surface area contributed by atoms with Crippen molar-refractivity contribution in [2.45, 2.75) is 70.5 Å². The van der Waals surface area contributed by atoms with Gasteiger partial charge < -0.3 is 15.2 Å². The van der Waals surface area contributed by atoms with Crippen LogP contribution in [0.4, 0.5) is 22.0 Å². The highest BCUT2D eigenvalue weighted by atomic mass is 19.4. The number of hydrogen-bond acceptors (Lipinski definition) is 4. The molecule has 220 valence electrons. The first kappa shape index (κ1) is 29.2. The lowest BCUT2D eigenvalue weighted by Gasteiger charge is -2.38. The van der Waals surface area contributed by atoms with Gasteiger partial charge in [0.05, 0.1) is 23.4 Å². The summed E-state index contributed by atoms with van der Waals surface area (Å²) in [6.45, 7) is 4.33. The van der Waals surface area contributed by atoms with E-state index in [4.69, 9.17) is 0 Å². The van der Waals surface area contributed by atoms with E-state index < -0.39 is 53.7 Å². The summed E-state index contributed by atoms with van der Waals surface area (Å²) in [4.78, 5) is 29.8. The molecule has 5 rings (SSSR count). The normalized spacial score (nSPS) is 20.8. The minimum atomic E-state index is -4.57. The minimum Gasteiger partial charge on any atom is -0.345 e. The molecule has 2 aliphatic rings. The van der Waals surface area contributed by atoms with Crippen molar-refractivity contribution in [3.8, 4) is 0 Å². The maximum atomic E-state index is 15.1. The number of halogens is 5. The summed E-state index contributed by atoms with van der Waals surface area (Å²) < 4.78 is 70.3. The number of piperazine rings is 1. The van der Waals surface area contributed by atoms with Gasteiger partial charge in [0.2, 0.25) is 0 Å². The lowest BCUT2D eigenvalue weighted by atomic mass is 9.98. The van der Waals surface area contributed by atoms with Crippen molar-refractivity contribution in [2.24, 2.45) is 5.92 Å². The van der Waals surface area contributed by atoms with Gasteiger partial charge in [-0.2, -0.15) is 13.2 Å². The molecular weight excluding hydrogens is 543 g/mol. The smallest absolute Gasteiger partial charge is 0.345 e. The number of carbonyl (C=O) groups excluding carboxylic acids is 1. The number of amides is 1. The summed E-state index contributed by atoms with van der Waals surface area (Å²) in [6.07, 6.45) is -4.27. The predicted molar refractivity (Wildman–Crippen MR) is 146 cm³/mol. The van der Waals surface area contributed by atoms with E-state index in [9.17, 15) is 27.2 Å². The Balaban J connectivity index is 1.67. The second-order valence-electron chi connectivity index (χ2n) is 11.2. The molecule has 1 saturated carbocycles. The Kier molecular flexibility index (Phi) is 8.20. The number of nitrogens with one attached hydrogen (secondary N) is 2. The number of carbonyl (C=O) groups is 1. The van der Waals surface area contributed by atoms with E-state index in [0.29, 0.717) is 18.7 Å². The van der Waals surface area contributed by atoms with E-state index in [1.165, 1.54) is 24.3 Å². The molecule has 1 aliphatic heterocycles. The Morgan fingerprint density at radius 1 is 1.12 bits per heavy atom. The van der Waals surface area contributed by atoms with Crippen LogP contribution in [0.15, 0.2) is 47.3 Å². The van der Waals surface area contributed by atoms with E-state index in [1.807, 2.05) is 18.7 Å². The van der Waals surface area contributed by atoms with Crippen LogP contribution in [0.1, 0.15) is 60.8 Å². The van der Waals surface area contributed by atoms with E-state index in [0.717, 1.165) is 23.5 Å². The molecule has 0 radical (unpaired) electrons. The number of fused-ring (bicyclic) bond motifs is 1. The molecule has 6 nitrogen and oxygen atoms in total. The van der Waals surface area contributed by atoms with Gasteiger partial charge in [-0.15, -0.1) is 0 Å².